The van der Waals surface area contributed by atoms with Gasteiger partial charge in [0.15, 0.2) is 0 Å². The number of hydrogen-bond acceptors (Lipinski definition) is 6. The van der Waals surface area contributed by atoms with Gasteiger partial charge in [-0.1, -0.05) is 26.0 Å². The lowest BCUT2D eigenvalue weighted by molar-refractivity contribution is 0.0339. The molecule has 1 aromatic heterocycles. The molecular formula is C21H28N4O3. The topological polar surface area (TPSA) is 102 Å². The number of aromatic nitrogens is 2. The third-order valence-corrected chi connectivity index (χ3v) is 5.01. The fourth-order valence-corrected chi connectivity index (χ4v) is 3.40. The molecule has 3 rings (SSSR count). The van der Waals surface area contributed by atoms with Gasteiger partial charge in [-0.3, -0.25) is 9.69 Å². The molecule has 2 aromatic rings. The molecule has 0 atom stereocenters. The van der Waals surface area contributed by atoms with Gasteiger partial charge in [-0.15, -0.1) is 0 Å². The Morgan fingerprint density at radius 2 is 2.07 bits per heavy atom. The zero-order valence-corrected chi connectivity index (χ0v) is 16.7. The normalized spacial score (nSPS) is 15.1. The molecule has 1 aromatic carbocycles. The van der Waals surface area contributed by atoms with Gasteiger partial charge in [0.2, 0.25) is 0 Å². The van der Waals surface area contributed by atoms with E-state index >= 15 is 0 Å². The van der Waals surface area contributed by atoms with Crippen LogP contribution in [0.1, 0.15) is 42.1 Å². The highest BCUT2D eigenvalue weighted by Crippen LogP contribution is 2.22. The van der Waals surface area contributed by atoms with Crippen LogP contribution in [0.15, 0.2) is 23.0 Å². The van der Waals surface area contributed by atoms with Crippen LogP contribution < -0.4 is 5.56 Å². The van der Waals surface area contributed by atoms with E-state index in [-0.39, 0.29) is 17.2 Å². The fourth-order valence-electron chi connectivity index (χ4n) is 3.40. The summed E-state index contributed by atoms with van der Waals surface area (Å²) in [7, 11) is 0. The van der Waals surface area contributed by atoms with Crippen molar-refractivity contribution in [3.05, 3.63) is 56.8 Å². The lowest BCUT2D eigenvalue weighted by Gasteiger charge is -2.27. The largest absolute Gasteiger partial charge is 0.508 e. The second-order valence-corrected chi connectivity index (χ2v) is 7.57. The van der Waals surface area contributed by atoms with E-state index in [4.69, 9.17) is 10.1 Å². The van der Waals surface area contributed by atoms with Gasteiger partial charge in [-0.05, 0) is 24.5 Å². The molecule has 7 heteroatoms. The molecular weight excluding hydrogens is 356 g/mol. The molecule has 0 spiro atoms. The van der Waals surface area contributed by atoms with Crippen molar-refractivity contribution in [1.29, 1.82) is 5.41 Å². The summed E-state index contributed by atoms with van der Waals surface area (Å²) < 4.78 is 5.37. The van der Waals surface area contributed by atoms with Crippen molar-refractivity contribution in [2.24, 2.45) is 5.92 Å². The van der Waals surface area contributed by atoms with Crippen LogP contribution in [0.25, 0.3) is 0 Å². The van der Waals surface area contributed by atoms with Crippen LogP contribution in [0.5, 0.6) is 5.75 Å². The van der Waals surface area contributed by atoms with Crippen molar-refractivity contribution in [2.75, 3.05) is 26.3 Å². The molecule has 1 fully saturated rings. The summed E-state index contributed by atoms with van der Waals surface area (Å²) in [6.45, 7) is 9.33. The zero-order chi connectivity index (χ0) is 20.3. The number of rotatable bonds is 6. The summed E-state index contributed by atoms with van der Waals surface area (Å²) in [5, 5.41) is 18.3. The van der Waals surface area contributed by atoms with Crippen LogP contribution in [0.2, 0.25) is 0 Å². The highest BCUT2D eigenvalue weighted by atomic mass is 16.5. The van der Waals surface area contributed by atoms with Crippen molar-refractivity contribution in [2.45, 2.75) is 33.7 Å². The van der Waals surface area contributed by atoms with Gasteiger partial charge in [0.05, 0.1) is 24.5 Å². The average molecular weight is 384 g/mol. The van der Waals surface area contributed by atoms with Crippen LogP contribution in [-0.4, -0.2) is 52.0 Å². The number of nitrogens with zero attached hydrogens (tertiary/aromatic N) is 2. The predicted octanol–water partition coefficient (Wildman–Crippen LogP) is 2.23. The number of phenolic OH excluding ortho intramolecular Hbond substituents is 1. The first-order valence-corrected chi connectivity index (χ1v) is 9.64. The van der Waals surface area contributed by atoms with Crippen molar-refractivity contribution < 1.29 is 9.84 Å². The molecule has 1 saturated heterocycles. The van der Waals surface area contributed by atoms with E-state index in [1.165, 1.54) is 0 Å². The summed E-state index contributed by atoms with van der Waals surface area (Å²) in [5.41, 5.74) is 2.79. The Labute approximate surface area is 164 Å². The summed E-state index contributed by atoms with van der Waals surface area (Å²) >= 11 is 0. The SMILES string of the molecule is Cc1nc(Cc2ccc(O)c(CN3CCOCC3)c2)[nH]c(=O)c1C(=N)C(C)C. The lowest BCUT2D eigenvalue weighted by Crippen LogP contribution is -2.35. The monoisotopic (exact) mass is 384 g/mol. The number of morpholine rings is 1. The molecule has 0 radical (unpaired) electrons. The second kappa shape index (κ2) is 8.67. The number of nitrogens with one attached hydrogen (secondary N) is 2. The minimum absolute atomic E-state index is 0.0349. The van der Waals surface area contributed by atoms with E-state index in [2.05, 4.69) is 14.9 Å². The minimum atomic E-state index is -0.270. The highest BCUT2D eigenvalue weighted by molar-refractivity contribution is 6.00. The maximum atomic E-state index is 12.5. The van der Waals surface area contributed by atoms with Crippen LogP contribution >= 0.6 is 0 Å². The van der Waals surface area contributed by atoms with Crippen molar-refractivity contribution in [3.8, 4) is 5.75 Å². The quantitative estimate of drug-likeness (QED) is 0.663. The van der Waals surface area contributed by atoms with Gasteiger partial charge < -0.3 is 20.2 Å². The first-order chi connectivity index (χ1) is 13.3. The third kappa shape index (κ3) is 4.66. The number of phenols is 1. The number of H-pyrrole nitrogens is 1. The van der Waals surface area contributed by atoms with E-state index in [0.717, 1.165) is 24.2 Å². The smallest absolute Gasteiger partial charge is 0.260 e. The standard InChI is InChI=1S/C21H28N4O3/c1-13(2)20(22)19-14(3)23-18(24-21(19)27)11-15-4-5-17(26)16(10-15)12-25-6-8-28-9-7-25/h4-5,10,13,22,26H,6-9,11-12H2,1-3H3,(H,23,24,27). The number of ether oxygens (including phenoxy) is 1. The summed E-state index contributed by atoms with van der Waals surface area (Å²) in [4.78, 5) is 22.1. The van der Waals surface area contributed by atoms with Gasteiger partial charge in [0, 0.05) is 37.3 Å². The zero-order valence-electron chi connectivity index (χ0n) is 16.7. The molecule has 2 heterocycles. The van der Waals surface area contributed by atoms with E-state index in [1.54, 1.807) is 13.0 Å². The predicted molar refractivity (Wildman–Crippen MR) is 108 cm³/mol. The van der Waals surface area contributed by atoms with Gasteiger partial charge in [-0.2, -0.15) is 0 Å². The Bertz CT molecular complexity index is 914. The fraction of sp³-hybridized carbons (Fsp3) is 0.476. The molecule has 0 unspecified atom stereocenters. The van der Waals surface area contributed by atoms with E-state index in [1.807, 2.05) is 26.0 Å². The Morgan fingerprint density at radius 3 is 2.71 bits per heavy atom. The number of aryl methyl sites for hydroxylation is 1. The molecule has 150 valence electrons. The third-order valence-electron chi connectivity index (χ3n) is 5.01. The molecule has 0 amide bonds. The molecule has 3 N–H and O–H groups in total. The van der Waals surface area contributed by atoms with Gasteiger partial charge in [-0.25, -0.2) is 4.98 Å². The van der Waals surface area contributed by atoms with E-state index in [0.29, 0.717) is 49.0 Å². The van der Waals surface area contributed by atoms with Crippen molar-refractivity contribution >= 4 is 5.71 Å². The van der Waals surface area contributed by atoms with Crippen LogP contribution in [0.3, 0.4) is 0 Å². The first-order valence-electron chi connectivity index (χ1n) is 9.64. The van der Waals surface area contributed by atoms with E-state index < -0.39 is 0 Å². The van der Waals surface area contributed by atoms with Crippen LogP contribution in [-0.2, 0) is 17.7 Å². The number of aromatic amines is 1. The van der Waals surface area contributed by atoms with Gasteiger partial charge in [0.1, 0.15) is 11.6 Å². The second-order valence-electron chi connectivity index (χ2n) is 7.57. The van der Waals surface area contributed by atoms with Crippen molar-refractivity contribution in [3.63, 3.8) is 0 Å². The minimum Gasteiger partial charge on any atom is -0.508 e. The Balaban J connectivity index is 1.81. The van der Waals surface area contributed by atoms with Gasteiger partial charge in [0.25, 0.3) is 5.56 Å². The van der Waals surface area contributed by atoms with Gasteiger partial charge >= 0.3 is 0 Å². The first kappa shape index (κ1) is 20.2. The molecule has 0 bridgehead atoms. The number of hydrogen-bond donors (Lipinski definition) is 3. The summed E-state index contributed by atoms with van der Waals surface area (Å²) in [6, 6.07) is 5.50. The van der Waals surface area contributed by atoms with Crippen molar-refractivity contribution in [1.82, 2.24) is 14.9 Å². The Hall–Kier alpha value is -2.51. The Morgan fingerprint density at radius 1 is 1.36 bits per heavy atom. The molecule has 7 nitrogen and oxygen atoms in total. The maximum absolute atomic E-state index is 12.5. The highest BCUT2D eigenvalue weighted by Gasteiger charge is 2.17. The summed E-state index contributed by atoms with van der Waals surface area (Å²) in [6.07, 6.45) is 0.460. The molecule has 28 heavy (non-hydrogen) atoms. The molecule has 0 saturated carbocycles. The van der Waals surface area contributed by atoms with Crippen LogP contribution in [0, 0.1) is 18.3 Å². The average Bonchev–Trinajstić information content (AvgIpc) is 2.64. The van der Waals surface area contributed by atoms with Crippen LogP contribution in [0.4, 0.5) is 0 Å². The lowest BCUT2D eigenvalue weighted by atomic mass is 10.00. The number of aromatic hydroxyl groups is 1. The summed E-state index contributed by atoms with van der Waals surface area (Å²) in [5.74, 6) is 0.798. The molecule has 0 aliphatic carbocycles. The van der Waals surface area contributed by atoms with E-state index in [9.17, 15) is 9.90 Å². The molecule has 1 aliphatic heterocycles. The maximum Gasteiger partial charge on any atom is 0.260 e. The Kier molecular flexibility index (Phi) is 6.26. The molecule has 1 aliphatic rings. The number of benzene rings is 1.